The summed E-state index contributed by atoms with van der Waals surface area (Å²) >= 11 is 0. The standard InChI is InChI=1S/C18H30N2/c1-12(13-5-8-15(19)9-6-13)16-11-14(18(2,3)4)7-10-17(16)20/h7,10-13,15H,5-6,8-9,19-20H2,1-4H3/t12-,13?,15?/m0/s1. The summed E-state index contributed by atoms with van der Waals surface area (Å²) in [6, 6.07) is 6.99. The molecular formula is C18H30N2. The van der Waals surface area contributed by atoms with Crippen LogP contribution < -0.4 is 11.5 Å². The van der Waals surface area contributed by atoms with E-state index in [-0.39, 0.29) is 5.41 Å². The maximum Gasteiger partial charge on any atom is 0.0349 e. The van der Waals surface area contributed by atoms with E-state index in [1.165, 1.54) is 24.0 Å². The van der Waals surface area contributed by atoms with Gasteiger partial charge in [-0.3, -0.25) is 0 Å². The molecule has 1 aliphatic rings. The summed E-state index contributed by atoms with van der Waals surface area (Å²) < 4.78 is 0. The van der Waals surface area contributed by atoms with Gasteiger partial charge < -0.3 is 11.5 Å². The van der Waals surface area contributed by atoms with Crippen molar-refractivity contribution in [3.8, 4) is 0 Å². The van der Waals surface area contributed by atoms with Crippen LogP contribution in [0.25, 0.3) is 0 Å². The summed E-state index contributed by atoms with van der Waals surface area (Å²) in [7, 11) is 0. The Labute approximate surface area is 123 Å². The first-order valence-electron chi connectivity index (χ1n) is 7.94. The first-order chi connectivity index (χ1) is 9.29. The van der Waals surface area contributed by atoms with Crippen molar-refractivity contribution in [3.63, 3.8) is 0 Å². The summed E-state index contributed by atoms with van der Waals surface area (Å²) in [4.78, 5) is 0. The van der Waals surface area contributed by atoms with Crippen molar-refractivity contribution in [2.45, 2.75) is 70.8 Å². The van der Waals surface area contributed by atoms with Crippen molar-refractivity contribution in [2.24, 2.45) is 11.7 Å². The lowest BCUT2D eigenvalue weighted by Gasteiger charge is -2.32. The highest BCUT2D eigenvalue weighted by molar-refractivity contribution is 5.51. The van der Waals surface area contributed by atoms with Gasteiger partial charge in [-0.25, -0.2) is 0 Å². The van der Waals surface area contributed by atoms with Crippen LogP contribution in [-0.2, 0) is 5.41 Å². The third-order valence-electron chi connectivity index (χ3n) is 4.97. The Morgan fingerprint density at radius 2 is 1.70 bits per heavy atom. The molecule has 0 heterocycles. The van der Waals surface area contributed by atoms with Crippen LogP contribution in [-0.4, -0.2) is 6.04 Å². The molecule has 4 N–H and O–H groups in total. The molecule has 0 saturated heterocycles. The van der Waals surface area contributed by atoms with Crippen molar-refractivity contribution in [1.82, 2.24) is 0 Å². The number of nitrogen functional groups attached to an aromatic ring is 1. The van der Waals surface area contributed by atoms with Crippen LogP contribution in [0.4, 0.5) is 5.69 Å². The molecule has 2 nitrogen and oxygen atoms in total. The minimum atomic E-state index is 0.178. The van der Waals surface area contributed by atoms with E-state index in [0.29, 0.717) is 12.0 Å². The second-order valence-corrected chi connectivity index (χ2v) is 7.56. The zero-order chi connectivity index (χ0) is 14.9. The van der Waals surface area contributed by atoms with Crippen LogP contribution >= 0.6 is 0 Å². The van der Waals surface area contributed by atoms with Crippen molar-refractivity contribution in [1.29, 1.82) is 0 Å². The van der Waals surface area contributed by atoms with E-state index in [1.54, 1.807) is 0 Å². The summed E-state index contributed by atoms with van der Waals surface area (Å²) in [6.07, 6.45) is 4.80. The maximum atomic E-state index is 6.24. The Morgan fingerprint density at radius 1 is 1.10 bits per heavy atom. The van der Waals surface area contributed by atoms with Gasteiger partial charge in [0.1, 0.15) is 0 Å². The van der Waals surface area contributed by atoms with Gasteiger partial charge in [0, 0.05) is 11.7 Å². The summed E-state index contributed by atoms with van der Waals surface area (Å²) in [5, 5.41) is 0. The predicted molar refractivity (Wildman–Crippen MR) is 87.9 cm³/mol. The smallest absolute Gasteiger partial charge is 0.0349 e. The van der Waals surface area contributed by atoms with Crippen LogP contribution in [0.15, 0.2) is 18.2 Å². The highest BCUT2D eigenvalue weighted by atomic mass is 14.6. The quantitative estimate of drug-likeness (QED) is 0.795. The average molecular weight is 274 g/mol. The number of rotatable bonds is 2. The average Bonchev–Trinajstić information content (AvgIpc) is 2.38. The molecule has 20 heavy (non-hydrogen) atoms. The van der Waals surface area contributed by atoms with E-state index in [2.05, 4.69) is 45.9 Å². The lowest BCUT2D eigenvalue weighted by Crippen LogP contribution is -2.28. The van der Waals surface area contributed by atoms with E-state index in [1.807, 2.05) is 0 Å². The molecule has 0 spiro atoms. The lowest BCUT2D eigenvalue weighted by molar-refractivity contribution is 0.291. The monoisotopic (exact) mass is 274 g/mol. The molecule has 0 unspecified atom stereocenters. The molecule has 0 amide bonds. The second-order valence-electron chi connectivity index (χ2n) is 7.56. The van der Waals surface area contributed by atoms with Crippen LogP contribution in [0.1, 0.15) is 70.4 Å². The van der Waals surface area contributed by atoms with Gasteiger partial charge in [0.25, 0.3) is 0 Å². The van der Waals surface area contributed by atoms with E-state index in [4.69, 9.17) is 11.5 Å². The fraction of sp³-hybridized carbons (Fsp3) is 0.667. The number of anilines is 1. The van der Waals surface area contributed by atoms with Crippen molar-refractivity contribution < 1.29 is 0 Å². The van der Waals surface area contributed by atoms with Gasteiger partial charge in [-0.2, -0.15) is 0 Å². The normalized spacial score (nSPS) is 25.4. The highest BCUT2D eigenvalue weighted by Crippen LogP contribution is 2.39. The van der Waals surface area contributed by atoms with Gasteiger partial charge >= 0.3 is 0 Å². The molecule has 1 aromatic rings. The highest BCUT2D eigenvalue weighted by Gasteiger charge is 2.26. The van der Waals surface area contributed by atoms with Gasteiger partial charge in [-0.1, -0.05) is 39.8 Å². The molecular weight excluding hydrogens is 244 g/mol. The van der Waals surface area contributed by atoms with Crippen LogP contribution in [0, 0.1) is 5.92 Å². The van der Waals surface area contributed by atoms with Crippen LogP contribution in [0.2, 0.25) is 0 Å². The molecule has 1 aliphatic carbocycles. The zero-order valence-electron chi connectivity index (χ0n) is 13.4. The fourth-order valence-electron chi connectivity index (χ4n) is 3.33. The maximum absolute atomic E-state index is 6.24. The SMILES string of the molecule is C[C@H](c1cc(C(C)(C)C)ccc1N)C1CCC(N)CC1. The van der Waals surface area contributed by atoms with E-state index in [0.717, 1.165) is 24.4 Å². The fourth-order valence-corrected chi connectivity index (χ4v) is 3.33. The number of hydrogen-bond acceptors (Lipinski definition) is 2. The Kier molecular flexibility index (Phi) is 4.43. The molecule has 0 radical (unpaired) electrons. The molecule has 2 rings (SSSR count). The Balaban J connectivity index is 2.22. The van der Waals surface area contributed by atoms with Crippen molar-refractivity contribution >= 4 is 5.69 Å². The zero-order valence-corrected chi connectivity index (χ0v) is 13.4. The third-order valence-corrected chi connectivity index (χ3v) is 4.97. The molecule has 112 valence electrons. The summed E-state index contributed by atoms with van der Waals surface area (Å²) in [5.41, 5.74) is 16.1. The van der Waals surface area contributed by atoms with Gasteiger partial charge in [-0.05, 0) is 60.1 Å². The molecule has 2 heteroatoms. The topological polar surface area (TPSA) is 52.0 Å². The van der Waals surface area contributed by atoms with E-state index in [9.17, 15) is 0 Å². The van der Waals surface area contributed by atoms with Gasteiger partial charge in [0.2, 0.25) is 0 Å². The molecule has 0 aromatic heterocycles. The molecule has 1 atom stereocenters. The minimum absolute atomic E-state index is 0.178. The van der Waals surface area contributed by atoms with Gasteiger partial charge in [0.15, 0.2) is 0 Å². The first-order valence-corrected chi connectivity index (χ1v) is 7.94. The Bertz CT molecular complexity index is 451. The third kappa shape index (κ3) is 3.35. The number of benzene rings is 1. The van der Waals surface area contributed by atoms with Crippen molar-refractivity contribution in [3.05, 3.63) is 29.3 Å². The molecule has 1 saturated carbocycles. The Hall–Kier alpha value is -1.02. The second kappa shape index (κ2) is 5.77. The van der Waals surface area contributed by atoms with E-state index >= 15 is 0 Å². The lowest BCUT2D eigenvalue weighted by atomic mass is 9.75. The van der Waals surface area contributed by atoms with Gasteiger partial charge in [0.05, 0.1) is 0 Å². The van der Waals surface area contributed by atoms with Crippen LogP contribution in [0.3, 0.4) is 0 Å². The first kappa shape index (κ1) is 15.4. The van der Waals surface area contributed by atoms with E-state index < -0.39 is 0 Å². The van der Waals surface area contributed by atoms with Gasteiger partial charge in [-0.15, -0.1) is 0 Å². The molecule has 0 aliphatic heterocycles. The number of hydrogen-bond donors (Lipinski definition) is 2. The van der Waals surface area contributed by atoms with Crippen molar-refractivity contribution in [2.75, 3.05) is 5.73 Å². The minimum Gasteiger partial charge on any atom is -0.398 e. The largest absolute Gasteiger partial charge is 0.398 e. The summed E-state index contributed by atoms with van der Waals surface area (Å²) in [6.45, 7) is 9.10. The summed E-state index contributed by atoms with van der Waals surface area (Å²) in [5.74, 6) is 1.26. The molecule has 1 aromatic carbocycles. The molecule has 1 fully saturated rings. The molecule has 0 bridgehead atoms. The Morgan fingerprint density at radius 3 is 2.25 bits per heavy atom. The predicted octanol–water partition coefficient (Wildman–Crippen LogP) is 4.19. The number of nitrogens with two attached hydrogens (primary N) is 2. The van der Waals surface area contributed by atoms with Crippen LogP contribution in [0.5, 0.6) is 0 Å².